The molecule has 0 aromatic heterocycles. The molecular formula is C25H35ClO4. The number of fused-ring (bicyclic) bond motifs is 5. The van der Waals surface area contributed by atoms with E-state index in [1.54, 1.807) is 6.92 Å². The summed E-state index contributed by atoms with van der Waals surface area (Å²) in [5.74, 6) is 1.98. The first kappa shape index (κ1) is 21.9. The van der Waals surface area contributed by atoms with Crippen molar-refractivity contribution in [2.75, 3.05) is 6.61 Å². The zero-order valence-electron chi connectivity index (χ0n) is 19.0. The van der Waals surface area contributed by atoms with Crippen LogP contribution in [-0.2, 0) is 19.1 Å². The van der Waals surface area contributed by atoms with Crippen molar-refractivity contribution in [2.24, 2.45) is 28.6 Å². The highest BCUT2D eigenvalue weighted by atomic mass is 35.5. The van der Waals surface area contributed by atoms with Gasteiger partial charge in [0, 0.05) is 23.8 Å². The molecule has 30 heavy (non-hydrogen) atoms. The number of rotatable bonds is 4. The van der Waals surface area contributed by atoms with Gasteiger partial charge in [-0.15, -0.1) is 0 Å². The second-order valence-corrected chi connectivity index (χ2v) is 10.8. The molecule has 4 aliphatic rings. The molecule has 5 heteroatoms. The summed E-state index contributed by atoms with van der Waals surface area (Å²) in [5, 5.41) is 0.952. The van der Waals surface area contributed by atoms with Crippen LogP contribution in [0.3, 0.4) is 0 Å². The van der Waals surface area contributed by atoms with Gasteiger partial charge in [0.1, 0.15) is 0 Å². The quantitative estimate of drug-likeness (QED) is 0.514. The Morgan fingerprint density at radius 3 is 2.47 bits per heavy atom. The van der Waals surface area contributed by atoms with Crippen LogP contribution in [0.1, 0.15) is 79.6 Å². The minimum Gasteiger partial charge on any atom is -0.498 e. The first-order valence-corrected chi connectivity index (χ1v) is 11.9. The van der Waals surface area contributed by atoms with E-state index < -0.39 is 5.60 Å². The molecule has 6 atom stereocenters. The number of carbonyl (C=O) groups excluding carboxylic acids is 2. The molecule has 4 rings (SSSR count). The number of hydrogen-bond donors (Lipinski definition) is 0. The van der Waals surface area contributed by atoms with Crippen LogP contribution in [-0.4, -0.2) is 24.0 Å². The summed E-state index contributed by atoms with van der Waals surface area (Å²) in [6.45, 7) is 10.3. The molecule has 0 bridgehead atoms. The average Bonchev–Trinajstić information content (AvgIpc) is 2.96. The predicted octanol–water partition coefficient (Wildman–Crippen LogP) is 5.94. The van der Waals surface area contributed by atoms with E-state index in [1.807, 2.05) is 6.92 Å². The zero-order valence-corrected chi connectivity index (χ0v) is 19.7. The largest absolute Gasteiger partial charge is 0.498 e. The van der Waals surface area contributed by atoms with E-state index in [0.29, 0.717) is 30.8 Å². The molecule has 0 N–H and O–H groups in total. The van der Waals surface area contributed by atoms with Crippen molar-refractivity contribution in [1.29, 1.82) is 0 Å². The number of esters is 1. The monoisotopic (exact) mass is 434 g/mol. The van der Waals surface area contributed by atoms with Crippen LogP contribution in [0.5, 0.6) is 0 Å². The third-order valence-corrected chi connectivity index (χ3v) is 9.47. The molecule has 4 nitrogen and oxygen atoms in total. The van der Waals surface area contributed by atoms with Crippen LogP contribution in [0.25, 0.3) is 0 Å². The van der Waals surface area contributed by atoms with Crippen molar-refractivity contribution in [1.82, 2.24) is 0 Å². The van der Waals surface area contributed by atoms with Crippen molar-refractivity contribution >= 4 is 23.4 Å². The van der Waals surface area contributed by atoms with Gasteiger partial charge >= 0.3 is 5.97 Å². The predicted molar refractivity (Wildman–Crippen MR) is 117 cm³/mol. The van der Waals surface area contributed by atoms with Gasteiger partial charge in [0.05, 0.1) is 12.4 Å². The lowest BCUT2D eigenvalue weighted by Crippen LogP contribution is -2.58. The van der Waals surface area contributed by atoms with E-state index in [1.165, 1.54) is 12.5 Å². The van der Waals surface area contributed by atoms with E-state index in [-0.39, 0.29) is 22.6 Å². The van der Waals surface area contributed by atoms with Crippen molar-refractivity contribution in [3.8, 4) is 0 Å². The fourth-order valence-corrected chi connectivity index (χ4v) is 8.18. The van der Waals surface area contributed by atoms with Gasteiger partial charge in [-0.3, -0.25) is 9.59 Å². The highest BCUT2D eigenvalue weighted by Gasteiger charge is 2.67. The summed E-state index contributed by atoms with van der Waals surface area (Å²) in [4.78, 5) is 24.8. The van der Waals surface area contributed by atoms with Gasteiger partial charge in [-0.1, -0.05) is 25.4 Å². The van der Waals surface area contributed by atoms with Gasteiger partial charge in [-0.05, 0) is 87.2 Å². The number of Topliss-reactive ketones (excluding diaryl/α,β-unsaturated/α-hetero) is 1. The molecule has 0 amide bonds. The summed E-state index contributed by atoms with van der Waals surface area (Å²) in [7, 11) is 0. The van der Waals surface area contributed by atoms with Crippen LogP contribution >= 0.6 is 11.6 Å². The number of carbonyl (C=O) groups is 2. The van der Waals surface area contributed by atoms with Crippen molar-refractivity contribution in [3.63, 3.8) is 0 Å². The molecule has 0 aromatic rings. The second kappa shape index (κ2) is 7.39. The summed E-state index contributed by atoms with van der Waals surface area (Å²) in [6, 6.07) is 0. The lowest BCUT2D eigenvalue weighted by Gasteiger charge is -2.58. The van der Waals surface area contributed by atoms with Crippen molar-refractivity contribution in [2.45, 2.75) is 85.2 Å². The lowest BCUT2D eigenvalue weighted by molar-refractivity contribution is -0.186. The maximum absolute atomic E-state index is 12.8. The van der Waals surface area contributed by atoms with Crippen LogP contribution < -0.4 is 0 Å². The standard InChI is InChI=1S/C25H35ClO4/c1-6-29-17-7-10-23(4)19-8-11-24(5)20(18(19)14-22(26)21(23)13-17)9-12-25(24,15(2)27)30-16(3)28/h13,18-20H,6-12,14H2,1-5H3/t18-,19+,20+,23-,24+,25+/m1/s1. The third kappa shape index (κ3) is 2.92. The summed E-state index contributed by atoms with van der Waals surface area (Å²) >= 11 is 6.95. The molecule has 0 unspecified atom stereocenters. The Kier molecular flexibility index (Phi) is 5.40. The molecule has 0 aromatic carbocycles. The number of ketones is 1. The Morgan fingerprint density at radius 2 is 1.83 bits per heavy atom. The van der Waals surface area contributed by atoms with Crippen molar-refractivity contribution in [3.05, 3.63) is 22.4 Å². The maximum atomic E-state index is 12.8. The minimum atomic E-state index is -0.986. The number of allylic oxidation sites excluding steroid dienone is 4. The van der Waals surface area contributed by atoms with Gasteiger partial charge in [0.15, 0.2) is 11.4 Å². The SMILES string of the molecule is CCOC1=CC2=C(Cl)C[C@@H]3[C@H](CC[C@@]4(C)[C@H]3CC[C@]4(OC(C)=O)C(C)=O)[C@@]2(C)CC1. The molecule has 0 heterocycles. The normalized spacial score (nSPS) is 42.6. The molecule has 0 radical (unpaired) electrons. The van der Waals surface area contributed by atoms with E-state index in [0.717, 1.165) is 49.3 Å². The van der Waals surface area contributed by atoms with Crippen LogP contribution in [0, 0.1) is 28.6 Å². The van der Waals surface area contributed by atoms with Gasteiger partial charge in [0.2, 0.25) is 0 Å². The number of ether oxygens (including phenoxy) is 2. The van der Waals surface area contributed by atoms with Gasteiger partial charge < -0.3 is 9.47 Å². The lowest BCUT2D eigenvalue weighted by atomic mass is 9.47. The summed E-state index contributed by atoms with van der Waals surface area (Å²) in [5.41, 5.74) is 0.00252. The molecule has 2 fully saturated rings. The van der Waals surface area contributed by atoms with Crippen LogP contribution in [0.2, 0.25) is 0 Å². The number of hydrogen-bond acceptors (Lipinski definition) is 4. The molecule has 166 valence electrons. The third-order valence-electron chi connectivity index (χ3n) is 9.11. The van der Waals surface area contributed by atoms with Gasteiger partial charge in [0.25, 0.3) is 0 Å². The topological polar surface area (TPSA) is 52.6 Å². The summed E-state index contributed by atoms with van der Waals surface area (Å²) < 4.78 is 11.7. The van der Waals surface area contributed by atoms with Gasteiger partial charge in [-0.25, -0.2) is 0 Å². The first-order chi connectivity index (χ1) is 14.1. The average molecular weight is 435 g/mol. The Balaban J connectivity index is 1.72. The Morgan fingerprint density at radius 1 is 1.13 bits per heavy atom. The van der Waals surface area contributed by atoms with Crippen LogP contribution in [0.15, 0.2) is 22.4 Å². The van der Waals surface area contributed by atoms with E-state index >= 15 is 0 Å². The van der Waals surface area contributed by atoms with E-state index in [2.05, 4.69) is 19.9 Å². The van der Waals surface area contributed by atoms with E-state index in [9.17, 15) is 9.59 Å². The Labute approximate surface area is 185 Å². The zero-order chi connectivity index (χ0) is 21.9. The molecule has 4 aliphatic carbocycles. The highest BCUT2D eigenvalue weighted by molar-refractivity contribution is 6.30. The highest BCUT2D eigenvalue weighted by Crippen LogP contribution is 2.68. The molecule has 0 spiro atoms. The van der Waals surface area contributed by atoms with E-state index in [4.69, 9.17) is 21.1 Å². The second-order valence-electron chi connectivity index (χ2n) is 10.3. The first-order valence-electron chi connectivity index (χ1n) is 11.5. The number of halogens is 1. The van der Waals surface area contributed by atoms with Gasteiger partial charge in [-0.2, -0.15) is 0 Å². The smallest absolute Gasteiger partial charge is 0.303 e. The fraction of sp³-hybridized carbons (Fsp3) is 0.760. The minimum absolute atomic E-state index is 0.00699. The van der Waals surface area contributed by atoms with Crippen LogP contribution in [0.4, 0.5) is 0 Å². The fourth-order valence-electron chi connectivity index (χ4n) is 7.73. The maximum Gasteiger partial charge on any atom is 0.303 e. The molecule has 0 saturated heterocycles. The molecular weight excluding hydrogens is 400 g/mol. The molecule has 2 saturated carbocycles. The van der Waals surface area contributed by atoms with Crippen molar-refractivity contribution < 1.29 is 19.1 Å². The summed E-state index contributed by atoms with van der Waals surface area (Å²) in [6.07, 6.45) is 8.55. The Bertz CT molecular complexity index is 829. The Hall–Kier alpha value is -1.29. The molecule has 0 aliphatic heterocycles.